The van der Waals surface area contributed by atoms with Crippen molar-refractivity contribution in [2.45, 2.75) is 0 Å². The van der Waals surface area contributed by atoms with E-state index in [1.807, 2.05) is 105 Å². The summed E-state index contributed by atoms with van der Waals surface area (Å²) in [6.45, 7) is 0. The van der Waals surface area contributed by atoms with E-state index in [0.29, 0.717) is 5.56 Å². The molecular weight excluding hydrogens is 446 g/mol. The number of rotatable bonds is 7. The molecule has 1 heterocycles. The van der Waals surface area contributed by atoms with Crippen LogP contribution in [0, 0.1) is 0 Å². The first kappa shape index (κ1) is 22.9. The van der Waals surface area contributed by atoms with E-state index in [-0.39, 0.29) is 5.91 Å². The number of aromatic nitrogens is 1. The lowest BCUT2D eigenvalue weighted by molar-refractivity contribution is 0.102. The summed E-state index contributed by atoms with van der Waals surface area (Å²) in [5.74, 6) is -0.157. The van der Waals surface area contributed by atoms with Crippen LogP contribution in [-0.2, 0) is 0 Å². The predicted octanol–water partition coefficient (Wildman–Crippen LogP) is 7.04. The fourth-order valence-corrected chi connectivity index (χ4v) is 3.91. The van der Waals surface area contributed by atoms with Crippen molar-refractivity contribution in [1.82, 2.24) is 4.98 Å². The summed E-state index contributed by atoms with van der Waals surface area (Å²) in [6.07, 6.45) is 1.79. The Morgan fingerprint density at radius 2 is 1.33 bits per heavy atom. The smallest absolute Gasteiger partial charge is 0.255 e. The van der Waals surface area contributed by atoms with E-state index in [1.54, 1.807) is 6.20 Å². The Morgan fingerprint density at radius 1 is 0.694 bits per heavy atom. The van der Waals surface area contributed by atoms with Crippen LogP contribution in [-0.4, -0.2) is 25.0 Å². The zero-order valence-electron chi connectivity index (χ0n) is 20.2. The van der Waals surface area contributed by atoms with Crippen molar-refractivity contribution in [2.75, 3.05) is 34.9 Å². The average molecular weight is 474 g/mol. The van der Waals surface area contributed by atoms with Gasteiger partial charge in [-0.25, -0.2) is 0 Å². The number of carbonyl (C=O) groups excluding carboxylic acids is 1. The first-order valence-electron chi connectivity index (χ1n) is 11.7. The fourth-order valence-electron chi connectivity index (χ4n) is 3.91. The van der Waals surface area contributed by atoms with Crippen LogP contribution in [0.5, 0.6) is 0 Å². The first-order valence-corrected chi connectivity index (χ1v) is 11.7. The molecule has 6 nitrogen and oxygen atoms in total. The van der Waals surface area contributed by atoms with Gasteiger partial charge >= 0.3 is 0 Å². The SMILES string of the molecule is CN(C)c1ccc2nccc(Nc3ccc(C(=O)Nc4ccc(Nc5ccccc5)cc4)cc3)c2c1. The number of anilines is 6. The van der Waals surface area contributed by atoms with E-state index < -0.39 is 0 Å². The molecule has 0 saturated carbocycles. The second-order valence-corrected chi connectivity index (χ2v) is 8.68. The molecule has 3 N–H and O–H groups in total. The van der Waals surface area contributed by atoms with Gasteiger partial charge in [-0.05, 0) is 84.9 Å². The lowest BCUT2D eigenvalue weighted by Crippen LogP contribution is -2.11. The van der Waals surface area contributed by atoms with Crippen LogP contribution in [0.2, 0.25) is 0 Å². The summed E-state index contributed by atoms with van der Waals surface area (Å²) in [6, 6.07) is 33.2. The highest BCUT2D eigenvalue weighted by Gasteiger charge is 2.08. The van der Waals surface area contributed by atoms with Gasteiger partial charge in [0.15, 0.2) is 0 Å². The molecule has 0 saturated heterocycles. The van der Waals surface area contributed by atoms with Crippen LogP contribution in [0.1, 0.15) is 10.4 Å². The summed E-state index contributed by atoms with van der Waals surface area (Å²) in [5.41, 5.74) is 7.18. The highest BCUT2D eigenvalue weighted by atomic mass is 16.1. The maximum absolute atomic E-state index is 12.8. The lowest BCUT2D eigenvalue weighted by atomic mass is 10.1. The van der Waals surface area contributed by atoms with Gasteiger partial charge in [-0.2, -0.15) is 0 Å². The molecule has 0 bridgehead atoms. The summed E-state index contributed by atoms with van der Waals surface area (Å²) < 4.78 is 0. The minimum Gasteiger partial charge on any atom is -0.378 e. The maximum atomic E-state index is 12.8. The number of benzene rings is 4. The van der Waals surface area contributed by atoms with Gasteiger partial charge in [-0.15, -0.1) is 0 Å². The third-order valence-corrected chi connectivity index (χ3v) is 5.87. The lowest BCUT2D eigenvalue weighted by Gasteiger charge is -2.15. The number of carbonyl (C=O) groups is 1. The Balaban J connectivity index is 1.25. The van der Waals surface area contributed by atoms with E-state index in [9.17, 15) is 4.79 Å². The van der Waals surface area contributed by atoms with Gasteiger partial charge in [0.05, 0.1) is 5.52 Å². The number of pyridine rings is 1. The first-order chi connectivity index (χ1) is 17.5. The molecule has 0 aliphatic carbocycles. The highest BCUT2D eigenvalue weighted by molar-refractivity contribution is 6.04. The van der Waals surface area contributed by atoms with Gasteiger partial charge < -0.3 is 20.9 Å². The van der Waals surface area contributed by atoms with Crippen molar-refractivity contribution in [1.29, 1.82) is 0 Å². The molecule has 36 heavy (non-hydrogen) atoms. The zero-order valence-corrected chi connectivity index (χ0v) is 20.2. The van der Waals surface area contributed by atoms with Crippen LogP contribution in [0.3, 0.4) is 0 Å². The number of para-hydroxylation sites is 1. The van der Waals surface area contributed by atoms with Gasteiger partial charge in [0.25, 0.3) is 5.91 Å². The van der Waals surface area contributed by atoms with Gasteiger partial charge in [0, 0.05) is 65.4 Å². The topological polar surface area (TPSA) is 69.3 Å². The largest absolute Gasteiger partial charge is 0.378 e. The highest BCUT2D eigenvalue weighted by Crippen LogP contribution is 2.28. The average Bonchev–Trinajstić information content (AvgIpc) is 2.91. The number of fused-ring (bicyclic) bond motifs is 1. The molecule has 0 spiro atoms. The molecule has 5 rings (SSSR count). The molecule has 0 unspecified atom stereocenters. The van der Waals surface area contributed by atoms with E-state index >= 15 is 0 Å². The van der Waals surface area contributed by atoms with Crippen molar-refractivity contribution < 1.29 is 4.79 Å². The molecule has 5 aromatic rings. The van der Waals surface area contributed by atoms with E-state index in [0.717, 1.165) is 45.0 Å². The van der Waals surface area contributed by atoms with Crippen LogP contribution in [0.15, 0.2) is 109 Å². The quantitative estimate of drug-likeness (QED) is 0.236. The molecule has 0 aliphatic heterocycles. The van der Waals surface area contributed by atoms with Crippen molar-refractivity contribution in [3.8, 4) is 0 Å². The van der Waals surface area contributed by atoms with E-state index in [4.69, 9.17) is 0 Å². The molecular formula is C30H27N5O. The molecule has 4 aromatic carbocycles. The normalized spacial score (nSPS) is 10.6. The maximum Gasteiger partial charge on any atom is 0.255 e. The molecule has 6 heteroatoms. The molecule has 0 aliphatic rings. The predicted molar refractivity (Wildman–Crippen MR) is 150 cm³/mol. The van der Waals surface area contributed by atoms with Crippen LogP contribution < -0.4 is 20.9 Å². The summed E-state index contributed by atoms with van der Waals surface area (Å²) in [4.78, 5) is 19.3. The van der Waals surface area contributed by atoms with Crippen molar-refractivity contribution in [2.24, 2.45) is 0 Å². The monoisotopic (exact) mass is 473 g/mol. The van der Waals surface area contributed by atoms with E-state index in [1.165, 1.54) is 0 Å². The van der Waals surface area contributed by atoms with Crippen LogP contribution in [0.25, 0.3) is 10.9 Å². The van der Waals surface area contributed by atoms with Crippen LogP contribution in [0.4, 0.5) is 34.1 Å². The van der Waals surface area contributed by atoms with Gasteiger partial charge in [0.2, 0.25) is 0 Å². The van der Waals surface area contributed by atoms with Crippen molar-refractivity contribution in [3.05, 3.63) is 115 Å². The summed E-state index contributed by atoms with van der Waals surface area (Å²) in [7, 11) is 4.04. The van der Waals surface area contributed by atoms with Gasteiger partial charge in [-0.3, -0.25) is 9.78 Å². The second-order valence-electron chi connectivity index (χ2n) is 8.68. The molecule has 0 atom stereocenters. The number of hydrogen-bond donors (Lipinski definition) is 3. The minimum absolute atomic E-state index is 0.157. The fraction of sp³-hybridized carbons (Fsp3) is 0.0667. The zero-order chi connectivity index (χ0) is 24.9. The Kier molecular flexibility index (Phi) is 6.49. The summed E-state index contributed by atoms with van der Waals surface area (Å²) >= 11 is 0. The Morgan fingerprint density at radius 3 is 2.06 bits per heavy atom. The molecule has 0 radical (unpaired) electrons. The molecule has 0 fully saturated rings. The number of amides is 1. The standard InChI is InChI=1S/C30H27N5O/c1-35(2)26-16-17-28-27(20-26)29(18-19-31-28)33-24-10-8-21(9-11-24)30(36)34-25-14-12-23(13-15-25)32-22-6-4-3-5-7-22/h3-20,32H,1-2H3,(H,31,33)(H,34,36). The number of nitrogens with zero attached hydrogens (tertiary/aromatic N) is 2. The Labute approximate surface area is 210 Å². The Hall–Kier alpha value is -4.84. The molecule has 1 aromatic heterocycles. The summed E-state index contributed by atoms with van der Waals surface area (Å²) in [5, 5.41) is 10.8. The van der Waals surface area contributed by atoms with Gasteiger partial charge in [0.1, 0.15) is 0 Å². The van der Waals surface area contributed by atoms with Gasteiger partial charge in [-0.1, -0.05) is 18.2 Å². The Bertz CT molecular complexity index is 1480. The molecule has 178 valence electrons. The third kappa shape index (κ3) is 5.28. The molecule has 1 amide bonds. The third-order valence-electron chi connectivity index (χ3n) is 5.87. The van der Waals surface area contributed by atoms with Crippen molar-refractivity contribution >= 4 is 50.9 Å². The second kappa shape index (κ2) is 10.2. The minimum atomic E-state index is -0.157. The van der Waals surface area contributed by atoms with Crippen LogP contribution >= 0.6 is 0 Å². The number of nitrogens with one attached hydrogen (secondary N) is 3. The van der Waals surface area contributed by atoms with Crippen molar-refractivity contribution in [3.63, 3.8) is 0 Å². The number of hydrogen-bond acceptors (Lipinski definition) is 5. The van der Waals surface area contributed by atoms with E-state index in [2.05, 4.69) is 38.0 Å².